The fraction of sp³-hybridized carbons (Fsp3) is 0.214. The fourth-order valence-corrected chi connectivity index (χ4v) is 1.65. The lowest BCUT2D eigenvalue weighted by Gasteiger charge is -2.08. The Balaban J connectivity index is 1.99. The van der Waals surface area contributed by atoms with Gasteiger partial charge in [0.15, 0.2) is 5.78 Å². The van der Waals surface area contributed by atoms with Gasteiger partial charge in [-0.1, -0.05) is 18.2 Å². The zero-order chi connectivity index (χ0) is 16.2. The van der Waals surface area contributed by atoms with Crippen LogP contribution >= 0.6 is 0 Å². The number of aromatic nitrogens is 3. The Kier molecular flexibility index (Phi) is 4.59. The number of ketones is 1. The molecule has 1 aromatic carbocycles. The van der Waals surface area contributed by atoms with Crippen molar-refractivity contribution in [2.45, 2.75) is 19.3 Å². The van der Waals surface area contributed by atoms with E-state index in [9.17, 15) is 18.0 Å². The van der Waals surface area contributed by atoms with Gasteiger partial charge in [-0.15, -0.1) is 13.2 Å². The van der Waals surface area contributed by atoms with E-state index in [1.54, 1.807) is 6.92 Å². The van der Waals surface area contributed by atoms with E-state index in [2.05, 4.69) is 14.8 Å². The first kappa shape index (κ1) is 15.7. The molecule has 0 N–H and O–H groups in total. The van der Waals surface area contributed by atoms with Gasteiger partial charge in [0.05, 0.1) is 0 Å². The van der Waals surface area contributed by atoms with E-state index in [0.717, 1.165) is 0 Å². The molecule has 116 valence electrons. The Labute approximate surface area is 124 Å². The largest absolute Gasteiger partial charge is 0.573 e. The SMILES string of the molecule is CC(C(=O)C=Cc1ccc(OC(F)(F)F)cc1)n1cncn1. The molecule has 0 aliphatic carbocycles. The lowest BCUT2D eigenvalue weighted by atomic mass is 10.1. The predicted molar refractivity (Wildman–Crippen MR) is 71.9 cm³/mol. The van der Waals surface area contributed by atoms with Crippen LogP contribution in [-0.2, 0) is 4.79 Å². The molecule has 2 aromatic rings. The van der Waals surface area contributed by atoms with Crippen molar-refractivity contribution < 1.29 is 22.7 Å². The van der Waals surface area contributed by atoms with Crippen LogP contribution in [0.15, 0.2) is 43.0 Å². The molecular formula is C14H12F3N3O2. The van der Waals surface area contributed by atoms with Gasteiger partial charge in [0.25, 0.3) is 0 Å². The van der Waals surface area contributed by atoms with Gasteiger partial charge in [-0.05, 0) is 30.7 Å². The molecule has 0 aliphatic rings. The van der Waals surface area contributed by atoms with Gasteiger partial charge in [-0.25, -0.2) is 9.67 Å². The summed E-state index contributed by atoms with van der Waals surface area (Å²) in [6, 6.07) is 4.69. The summed E-state index contributed by atoms with van der Waals surface area (Å²) in [4.78, 5) is 15.7. The van der Waals surface area contributed by atoms with E-state index in [0.29, 0.717) is 5.56 Å². The third-order valence-corrected chi connectivity index (χ3v) is 2.80. The van der Waals surface area contributed by atoms with Gasteiger partial charge in [-0.3, -0.25) is 4.79 Å². The number of alkyl halides is 3. The smallest absolute Gasteiger partial charge is 0.406 e. The molecule has 5 nitrogen and oxygen atoms in total. The maximum absolute atomic E-state index is 12.0. The summed E-state index contributed by atoms with van der Waals surface area (Å²) in [7, 11) is 0. The third kappa shape index (κ3) is 4.44. The second kappa shape index (κ2) is 6.42. The van der Waals surface area contributed by atoms with Crippen molar-refractivity contribution in [3.63, 3.8) is 0 Å². The maximum atomic E-state index is 12.0. The number of carbonyl (C=O) groups is 1. The minimum absolute atomic E-state index is 0.207. The van der Waals surface area contributed by atoms with Crippen LogP contribution in [0.2, 0.25) is 0 Å². The van der Waals surface area contributed by atoms with Crippen molar-refractivity contribution in [1.29, 1.82) is 0 Å². The van der Waals surface area contributed by atoms with Gasteiger partial charge >= 0.3 is 6.36 Å². The standard InChI is InChI=1S/C14H12F3N3O2/c1-10(20-9-18-8-19-20)13(21)7-4-11-2-5-12(6-3-11)22-14(15,16)17/h2-10H,1H3. The van der Waals surface area contributed by atoms with Crippen LogP contribution in [0.4, 0.5) is 13.2 Å². The van der Waals surface area contributed by atoms with Crippen LogP contribution in [0, 0.1) is 0 Å². The monoisotopic (exact) mass is 311 g/mol. The van der Waals surface area contributed by atoms with Gasteiger partial charge in [0.2, 0.25) is 0 Å². The summed E-state index contributed by atoms with van der Waals surface area (Å²) in [5.74, 6) is -0.520. The van der Waals surface area contributed by atoms with Gasteiger partial charge in [0, 0.05) is 0 Å². The van der Waals surface area contributed by atoms with Gasteiger partial charge in [-0.2, -0.15) is 5.10 Å². The number of benzene rings is 1. The predicted octanol–water partition coefficient (Wildman–Crippen LogP) is 3.02. The number of hydrogen-bond acceptors (Lipinski definition) is 4. The highest BCUT2D eigenvalue weighted by atomic mass is 19.4. The zero-order valence-electron chi connectivity index (χ0n) is 11.5. The molecule has 0 aliphatic heterocycles. The molecule has 8 heteroatoms. The van der Waals surface area contributed by atoms with Crippen molar-refractivity contribution in [3.8, 4) is 5.75 Å². The summed E-state index contributed by atoms with van der Waals surface area (Å²) < 4.78 is 41.2. The van der Waals surface area contributed by atoms with Crippen LogP contribution in [0.25, 0.3) is 6.08 Å². The van der Waals surface area contributed by atoms with Crippen LogP contribution in [-0.4, -0.2) is 26.9 Å². The van der Waals surface area contributed by atoms with Crippen LogP contribution in [0.3, 0.4) is 0 Å². The Morgan fingerprint density at radius 1 is 1.32 bits per heavy atom. The highest BCUT2D eigenvalue weighted by molar-refractivity contribution is 5.96. The lowest BCUT2D eigenvalue weighted by molar-refractivity contribution is -0.274. The van der Waals surface area contributed by atoms with E-state index in [1.165, 1.54) is 53.8 Å². The van der Waals surface area contributed by atoms with Crippen molar-refractivity contribution in [1.82, 2.24) is 14.8 Å². The average Bonchev–Trinajstić information content (AvgIpc) is 2.98. The van der Waals surface area contributed by atoms with Gasteiger partial charge < -0.3 is 4.74 Å². The van der Waals surface area contributed by atoms with Crippen molar-refractivity contribution in [2.75, 3.05) is 0 Å². The summed E-state index contributed by atoms with van der Waals surface area (Å²) in [5, 5.41) is 3.87. The number of hydrogen-bond donors (Lipinski definition) is 0. The normalized spacial score (nSPS) is 13.3. The number of halogens is 3. The Bertz CT molecular complexity index is 649. The van der Waals surface area contributed by atoms with Crippen LogP contribution < -0.4 is 4.74 Å². The molecule has 0 amide bonds. The Morgan fingerprint density at radius 3 is 2.55 bits per heavy atom. The van der Waals surface area contributed by atoms with Crippen molar-refractivity contribution >= 4 is 11.9 Å². The first-order valence-electron chi connectivity index (χ1n) is 6.27. The molecule has 0 fully saturated rings. The number of nitrogens with zero attached hydrogens (tertiary/aromatic N) is 3. The van der Waals surface area contributed by atoms with Crippen molar-refractivity contribution in [3.05, 3.63) is 48.6 Å². The highest BCUT2D eigenvalue weighted by Crippen LogP contribution is 2.23. The molecule has 22 heavy (non-hydrogen) atoms. The van der Waals surface area contributed by atoms with E-state index in [-0.39, 0.29) is 11.5 Å². The lowest BCUT2D eigenvalue weighted by Crippen LogP contribution is -2.16. The molecule has 0 radical (unpaired) electrons. The maximum Gasteiger partial charge on any atom is 0.573 e. The minimum atomic E-state index is -4.72. The number of ether oxygens (including phenoxy) is 1. The average molecular weight is 311 g/mol. The third-order valence-electron chi connectivity index (χ3n) is 2.80. The second-order valence-electron chi connectivity index (χ2n) is 4.40. The first-order valence-corrected chi connectivity index (χ1v) is 6.27. The van der Waals surface area contributed by atoms with Crippen molar-refractivity contribution in [2.24, 2.45) is 0 Å². The molecule has 1 aromatic heterocycles. The van der Waals surface area contributed by atoms with Crippen LogP contribution in [0.1, 0.15) is 18.5 Å². The van der Waals surface area contributed by atoms with E-state index in [1.807, 2.05) is 0 Å². The molecule has 0 saturated heterocycles. The highest BCUT2D eigenvalue weighted by Gasteiger charge is 2.30. The van der Waals surface area contributed by atoms with E-state index < -0.39 is 12.4 Å². The fourth-order valence-electron chi connectivity index (χ4n) is 1.65. The summed E-state index contributed by atoms with van der Waals surface area (Å²) in [6.45, 7) is 1.67. The summed E-state index contributed by atoms with van der Waals surface area (Å²) in [6.07, 6.45) is 0.881. The molecule has 2 rings (SSSR count). The Morgan fingerprint density at radius 2 is 2.00 bits per heavy atom. The molecular weight excluding hydrogens is 299 g/mol. The summed E-state index contributed by atoms with van der Waals surface area (Å²) in [5.41, 5.74) is 0.577. The minimum Gasteiger partial charge on any atom is -0.406 e. The van der Waals surface area contributed by atoms with Crippen LogP contribution in [0.5, 0.6) is 5.75 Å². The summed E-state index contributed by atoms with van der Waals surface area (Å²) >= 11 is 0. The topological polar surface area (TPSA) is 57.0 Å². The molecule has 0 bridgehead atoms. The number of carbonyl (C=O) groups excluding carboxylic acids is 1. The first-order chi connectivity index (χ1) is 10.3. The van der Waals surface area contributed by atoms with Gasteiger partial charge in [0.1, 0.15) is 24.4 Å². The molecule has 0 saturated carbocycles. The number of allylic oxidation sites excluding steroid dienone is 1. The molecule has 1 heterocycles. The van der Waals surface area contributed by atoms with E-state index in [4.69, 9.17) is 0 Å². The second-order valence-corrected chi connectivity index (χ2v) is 4.40. The molecule has 0 spiro atoms. The van der Waals surface area contributed by atoms with E-state index >= 15 is 0 Å². The zero-order valence-corrected chi connectivity index (χ0v) is 11.5. The Hall–Kier alpha value is -2.64. The number of rotatable bonds is 5. The molecule has 1 unspecified atom stereocenters. The quantitative estimate of drug-likeness (QED) is 0.797. The molecule has 1 atom stereocenters.